The molecule has 1 aromatic heterocycles. The van der Waals surface area contributed by atoms with Gasteiger partial charge in [-0.1, -0.05) is 34.6 Å². The molecular weight excluding hydrogens is 260 g/mol. The summed E-state index contributed by atoms with van der Waals surface area (Å²) in [5.41, 5.74) is 2.31. The van der Waals surface area contributed by atoms with Crippen molar-refractivity contribution in [1.29, 1.82) is 0 Å². The van der Waals surface area contributed by atoms with Crippen LogP contribution in [-0.2, 0) is 6.54 Å². The van der Waals surface area contributed by atoms with Crippen LogP contribution in [0.3, 0.4) is 0 Å². The van der Waals surface area contributed by atoms with Crippen LogP contribution >= 0.6 is 0 Å². The van der Waals surface area contributed by atoms with E-state index in [0.717, 1.165) is 44.1 Å². The number of nitrogens with one attached hydrogen (secondary N) is 1. The summed E-state index contributed by atoms with van der Waals surface area (Å²) in [6.45, 7) is 17.0. The van der Waals surface area contributed by atoms with E-state index in [0.29, 0.717) is 11.8 Å². The standard InChI is InChI=1S/C17H32N4/c1-7-9-21(8-2)16-12-19-17(14(5)6)20-15(16)11-18-10-13(3)4/h12-14,18H,7-11H2,1-6H3. The molecule has 1 rings (SSSR count). The summed E-state index contributed by atoms with van der Waals surface area (Å²) in [6.07, 6.45) is 3.15. The zero-order chi connectivity index (χ0) is 15.8. The third kappa shape index (κ3) is 5.62. The molecule has 0 fully saturated rings. The topological polar surface area (TPSA) is 41.1 Å². The van der Waals surface area contributed by atoms with E-state index >= 15 is 0 Å². The molecule has 0 saturated heterocycles. The number of aromatic nitrogens is 2. The van der Waals surface area contributed by atoms with Gasteiger partial charge in [-0.15, -0.1) is 0 Å². The van der Waals surface area contributed by atoms with Crippen LogP contribution in [0.15, 0.2) is 6.20 Å². The van der Waals surface area contributed by atoms with Crippen LogP contribution < -0.4 is 10.2 Å². The Morgan fingerprint density at radius 3 is 2.43 bits per heavy atom. The van der Waals surface area contributed by atoms with Gasteiger partial charge < -0.3 is 10.2 Å². The molecule has 0 aromatic carbocycles. The normalized spacial score (nSPS) is 11.4. The van der Waals surface area contributed by atoms with Gasteiger partial charge in [0.15, 0.2) is 0 Å². The molecule has 0 spiro atoms. The second-order valence-electron chi connectivity index (χ2n) is 6.32. The van der Waals surface area contributed by atoms with E-state index in [4.69, 9.17) is 4.98 Å². The van der Waals surface area contributed by atoms with Crippen LogP contribution in [0.5, 0.6) is 0 Å². The maximum absolute atomic E-state index is 4.80. The Morgan fingerprint density at radius 2 is 1.90 bits per heavy atom. The lowest BCUT2D eigenvalue weighted by molar-refractivity contribution is 0.545. The maximum Gasteiger partial charge on any atom is 0.131 e. The van der Waals surface area contributed by atoms with Crippen molar-refractivity contribution in [3.63, 3.8) is 0 Å². The SMILES string of the molecule is CCCN(CC)c1cnc(C(C)C)nc1CNCC(C)C. The second-order valence-corrected chi connectivity index (χ2v) is 6.32. The van der Waals surface area contributed by atoms with Gasteiger partial charge in [0.2, 0.25) is 0 Å². The third-order valence-corrected chi connectivity index (χ3v) is 3.44. The fraction of sp³-hybridized carbons (Fsp3) is 0.765. The first-order valence-electron chi connectivity index (χ1n) is 8.30. The van der Waals surface area contributed by atoms with Gasteiger partial charge in [-0.25, -0.2) is 9.97 Å². The molecule has 4 heteroatoms. The van der Waals surface area contributed by atoms with Crippen molar-refractivity contribution in [2.24, 2.45) is 5.92 Å². The molecule has 0 radical (unpaired) electrons. The molecule has 0 atom stereocenters. The Labute approximate surface area is 130 Å². The smallest absolute Gasteiger partial charge is 0.131 e. The summed E-state index contributed by atoms with van der Waals surface area (Å²) >= 11 is 0. The van der Waals surface area contributed by atoms with Crippen molar-refractivity contribution in [3.05, 3.63) is 17.7 Å². The Hall–Kier alpha value is -1.16. The Morgan fingerprint density at radius 1 is 1.19 bits per heavy atom. The first-order valence-corrected chi connectivity index (χ1v) is 8.30. The Kier molecular flexibility index (Phi) is 7.65. The van der Waals surface area contributed by atoms with Gasteiger partial charge >= 0.3 is 0 Å². The molecule has 0 aliphatic rings. The van der Waals surface area contributed by atoms with Crippen LogP contribution in [0.1, 0.15) is 65.4 Å². The lowest BCUT2D eigenvalue weighted by atomic mass is 10.2. The number of rotatable bonds is 9. The second kappa shape index (κ2) is 8.98. The van der Waals surface area contributed by atoms with Crippen molar-refractivity contribution in [1.82, 2.24) is 15.3 Å². The predicted octanol–water partition coefficient (Wildman–Crippen LogP) is 3.58. The average Bonchev–Trinajstić information content (AvgIpc) is 2.44. The van der Waals surface area contributed by atoms with Crippen LogP contribution in [0, 0.1) is 5.92 Å². The fourth-order valence-electron chi connectivity index (χ4n) is 2.30. The van der Waals surface area contributed by atoms with Crippen LogP contribution in [0.2, 0.25) is 0 Å². The summed E-state index contributed by atoms with van der Waals surface area (Å²) in [7, 11) is 0. The van der Waals surface area contributed by atoms with Gasteiger partial charge in [0, 0.05) is 25.6 Å². The van der Waals surface area contributed by atoms with Crippen molar-refractivity contribution in [2.45, 2.75) is 60.4 Å². The predicted molar refractivity (Wildman–Crippen MR) is 90.8 cm³/mol. The first-order chi connectivity index (χ1) is 9.99. The van der Waals surface area contributed by atoms with Crippen molar-refractivity contribution in [3.8, 4) is 0 Å². The van der Waals surface area contributed by atoms with E-state index in [1.807, 2.05) is 6.20 Å². The average molecular weight is 292 g/mol. The highest BCUT2D eigenvalue weighted by atomic mass is 15.1. The maximum atomic E-state index is 4.80. The van der Waals surface area contributed by atoms with Crippen LogP contribution in [-0.4, -0.2) is 29.6 Å². The molecule has 1 aromatic rings. The monoisotopic (exact) mass is 292 g/mol. The molecule has 0 amide bonds. The highest BCUT2D eigenvalue weighted by molar-refractivity contribution is 5.49. The van der Waals surface area contributed by atoms with Gasteiger partial charge in [0.05, 0.1) is 17.6 Å². The van der Waals surface area contributed by atoms with E-state index in [9.17, 15) is 0 Å². The molecular formula is C17H32N4. The minimum absolute atomic E-state index is 0.365. The number of hydrogen-bond acceptors (Lipinski definition) is 4. The minimum Gasteiger partial charge on any atom is -0.369 e. The quantitative estimate of drug-likeness (QED) is 0.755. The van der Waals surface area contributed by atoms with Gasteiger partial charge in [0.1, 0.15) is 5.82 Å². The lowest BCUT2D eigenvalue weighted by Gasteiger charge is -2.25. The molecule has 0 bridgehead atoms. The molecule has 21 heavy (non-hydrogen) atoms. The lowest BCUT2D eigenvalue weighted by Crippen LogP contribution is -2.28. The molecule has 1 heterocycles. The van der Waals surface area contributed by atoms with Gasteiger partial charge in [0.25, 0.3) is 0 Å². The molecule has 0 saturated carbocycles. The molecule has 0 aliphatic carbocycles. The summed E-state index contributed by atoms with van der Waals surface area (Å²) in [4.78, 5) is 11.7. The molecule has 120 valence electrons. The van der Waals surface area contributed by atoms with Crippen molar-refractivity contribution < 1.29 is 0 Å². The fourth-order valence-corrected chi connectivity index (χ4v) is 2.30. The van der Waals surface area contributed by atoms with Gasteiger partial charge in [-0.05, 0) is 25.8 Å². The Bertz CT molecular complexity index is 415. The third-order valence-electron chi connectivity index (χ3n) is 3.44. The van der Waals surface area contributed by atoms with Gasteiger partial charge in [-0.3, -0.25) is 0 Å². The van der Waals surface area contributed by atoms with E-state index in [-0.39, 0.29) is 0 Å². The summed E-state index contributed by atoms with van der Waals surface area (Å²) in [6, 6.07) is 0. The molecule has 0 aliphatic heterocycles. The molecule has 4 nitrogen and oxygen atoms in total. The zero-order valence-corrected chi connectivity index (χ0v) is 14.6. The Balaban J connectivity index is 2.98. The molecule has 0 unspecified atom stereocenters. The summed E-state index contributed by atoms with van der Waals surface area (Å²) < 4.78 is 0. The van der Waals surface area contributed by atoms with Crippen LogP contribution in [0.4, 0.5) is 5.69 Å². The van der Waals surface area contributed by atoms with E-state index in [1.54, 1.807) is 0 Å². The van der Waals surface area contributed by atoms with Crippen LogP contribution in [0.25, 0.3) is 0 Å². The van der Waals surface area contributed by atoms with E-state index in [1.165, 1.54) is 5.69 Å². The minimum atomic E-state index is 0.365. The highest BCUT2D eigenvalue weighted by Gasteiger charge is 2.14. The van der Waals surface area contributed by atoms with Gasteiger partial charge in [-0.2, -0.15) is 0 Å². The summed E-state index contributed by atoms with van der Waals surface area (Å²) in [5, 5.41) is 3.51. The van der Waals surface area contributed by atoms with E-state index in [2.05, 4.69) is 56.7 Å². The zero-order valence-electron chi connectivity index (χ0n) is 14.6. The van der Waals surface area contributed by atoms with E-state index < -0.39 is 0 Å². The first kappa shape index (κ1) is 17.9. The largest absolute Gasteiger partial charge is 0.369 e. The summed E-state index contributed by atoms with van der Waals surface area (Å²) in [5.74, 6) is 1.95. The number of anilines is 1. The number of nitrogens with zero attached hydrogens (tertiary/aromatic N) is 3. The highest BCUT2D eigenvalue weighted by Crippen LogP contribution is 2.20. The number of hydrogen-bond donors (Lipinski definition) is 1. The van der Waals surface area contributed by atoms with Crippen molar-refractivity contribution >= 4 is 5.69 Å². The molecule has 1 N–H and O–H groups in total. The van der Waals surface area contributed by atoms with Crippen molar-refractivity contribution in [2.75, 3.05) is 24.5 Å².